The van der Waals surface area contributed by atoms with E-state index in [1.54, 1.807) is 0 Å². The molecule has 1 heterocycles. The lowest BCUT2D eigenvalue weighted by Crippen LogP contribution is -2.37. The molecule has 0 saturated heterocycles. The maximum absolute atomic E-state index is 6.03. The summed E-state index contributed by atoms with van der Waals surface area (Å²) in [6.07, 6.45) is 7.87. The van der Waals surface area contributed by atoms with Crippen molar-refractivity contribution >= 4 is 0 Å². The molecule has 0 spiro atoms. The minimum atomic E-state index is 0.327. The van der Waals surface area contributed by atoms with Crippen LogP contribution in [0.3, 0.4) is 0 Å². The summed E-state index contributed by atoms with van der Waals surface area (Å²) in [7, 11) is 0. The van der Waals surface area contributed by atoms with E-state index in [0.717, 1.165) is 19.0 Å². The van der Waals surface area contributed by atoms with Crippen LogP contribution < -0.4 is 5.73 Å². The van der Waals surface area contributed by atoms with Crippen LogP contribution in [0.15, 0.2) is 12.5 Å². The van der Waals surface area contributed by atoms with E-state index in [1.165, 1.54) is 31.5 Å². The third kappa shape index (κ3) is 3.12. The topological polar surface area (TPSA) is 47.1 Å². The molecular formula is C14H26N4. The quantitative estimate of drug-likeness (QED) is 0.768. The number of imidazole rings is 1. The smallest absolute Gasteiger partial charge is 0.0948 e. The largest absolute Gasteiger partial charge is 0.333 e. The van der Waals surface area contributed by atoms with Gasteiger partial charge in [0, 0.05) is 25.8 Å². The lowest BCUT2D eigenvalue weighted by Gasteiger charge is -2.31. The van der Waals surface area contributed by atoms with Crippen molar-refractivity contribution < 1.29 is 0 Å². The number of hydrogen-bond donors (Lipinski definition) is 1. The third-order valence-electron chi connectivity index (χ3n) is 3.79. The first-order valence-electron chi connectivity index (χ1n) is 7.24. The lowest BCUT2D eigenvalue weighted by atomic mass is 10.1. The molecule has 0 radical (unpaired) electrons. The first-order valence-corrected chi connectivity index (χ1v) is 7.24. The zero-order valence-corrected chi connectivity index (χ0v) is 11.7. The number of nitrogens with two attached hydrogens (primary N) is 1. The zero-order valence-electron chi connectivity index (χ0n) is 11.7. The number of nitrogens with zero attached hydrogens (tertiary/aromatic N) is 3. The standard InChI is InChI=1S/C14H26N4/c1-3-7-18(10-12-5-6-12)13(8-15)14-9-16-11-17(14)4-2/h9,11-13H,3-8,10,15H2,1-2H3. The van der Waals surface area contributed by atoms with Crippen molar-refractivity contribution in [3.05, 3.63) is 18.2 Å². The summed E-state index contributed by atoms with van der Waals surface area (Å²) in [5, 5.41) is 0. The normalized spacial score (nSPS) is 17.3. The fraction of sp³-hybridized carbons (Fsp3) is 0.786. The summed E-state index contributed by atoms with van der Waals surface area (Å²) in [5.41, 5.74) is 7.30. The molecule has 1 aromatic heterocycles. The Morgan fingerprint density at radius 1 is 1.50 bits per heavy atom. The summed E-state index contributed by atoms with van der Waals surface area (Å²) >= 11 is 0. The third-order valence-corrected chi connectivity index (χ3v) is 3.79. The molecule has 2 N–H and O–H groups in total. The Morgan fingerprint density at radius 2 is 2.28 bits per heavy atom. The Hall–Kier alpha value is -0.870. The second-order valence-electron chi connectivity index (χ2n) is 5.29. The van der Waals surface area contributed by atoms with E-state index in [1.807, 2.05) is 12.5 Å². The molecule has 0 amide bonds. The number of rotatable bonds is 8. The van der Waals surface area contributed by atoms with Crippen molar-refractivity contribution in [2.45, 2.75) is 45.7 Å². The van der Waals surface area contributed by atoms with Gasteiger partial charge in [-0.05, 0) is 38.6 Å². The highest BCUT2D eigenvalue weighted by Crippen LogP contribution is 2.32. The molecule has 1 saturated carbocycles. The van der Waals surface area contributed by atoms with Gasteiger partial charge < -0.3 is 10.3 Å². The van der Waals surface area contributed by atoms with Gasteiger partial charge in [0.1, 0.15) is 0 Å². The van der Waals surface area contributed by atoms with Gasteiger partial charge >= 0.3 is 0 Å². The van der Waals surface area contributed by atoms with E-state index in [-0.39, 0.29) is 0 Å². The molecule has 18 heavy (non-hydrogen) atoms. The van der Waals surface area contributed by atoms with E-state index in [0.29, 0.717) is 12.6 Å². The minimum absolute atomic E-state index is 0.327. The van der Waals surface area contributed by atoms with Crippen LogP contribution in [0.25, 0.3) is 0 Å². The maximum Gasteiger partial charge on any atom is 0.0948 e. The van der Waals surface area contributed by atoms with Crippen LogP contribution in [-0.4, -0.2) is 34.1 Å². The SMILES string of the molecule is CCCN(CC1CC1)C(CN)c1cncn1CC. The molecule has 1 aliphatic carbocycles. The predicted molar refractivity (Wildman–Crippen MR) is 74.3 cm³/mol. The number of aromatic nitrogens is 2. The Bertz CT molecular complexity index is 356. The van der Waals surface area contributed by atoms with Crippen molar-refractivity contribution in [2.75, 3.05) is 19.6 Å². The van der Waals surface area contributed by atoms with Gasteiger partial charge in [0.2, 0.25) is 0 Å². The van der Waals surface area contributed by atoms with Crippen molar-refractivity contribution in [3.63, 3.8) is 0 Å². The molecule has 0 bridgehead atoms. The Morgan fingerprint density at radius 3 is 2.83 bits per heavy atom. The van der Waals surface area contributed by atoms with E-state index in [2.05, 4.69) is 28.3 Å². The van der Waals surface area contributed by atoms with Crippen LogP contribution in [-0.2, 0) is 6.54 Å². The molecule has 0 aromatic carbocycles. The maximum atomic E-state index is 6.03. The number of hydrogen-bond acceptors (Lipinski definition) is 3. The molecule has 1 atom stereocenters. The molecule has 1 unspecified atom stereocenters. The van der Waals surface area contributed by atoms with Crippen LogP contribution in [0.2, 0.25) is 0 Å². The Balaban J connectivity index is 2.12. The van der Waals surface area contributed by atoms with Gasteiger partial charge in [0.15, 0.2) is 0 Å². The molecule has 0 aliphatic heterocycles. The van der Waals surface area contributed by atoms with E-state index >= 15 is 0 Å². The van der Waals surface area contributed by atoms with Crippen LogP contribution in [0, 0.1) is 5.92 Å². The van der Waals surface area contributed by atoms with Crippen molar-refractivity contribution in [1.29, 1.82) is 0 Å². The molecule has 2 rings (SSSR count). The summed E-state index contributed by atoms with van der Waals surface area (Å²) in [5.74, 6) is 0.906. The molecule has 1 aromatic rings. The second-order valence-corrected chi connectivity index (χ2v) is 5.29. The predicted octanol–water partition coefficient (Wildman–Crippen LogP) is 2.02. The molecule has 1 aliphatic rings. The summed E-state index contributed by atoms with van der Waals surface area (Å²) in [6, 6.07) is 0.327. The van der Waals surface area contributed by atoms with Gasteiger partial charge in [-0.25, -0.2) is 4.98 Å². The minimum Gasteiger partial charge on any atom is -0.333 e. The van der Waals surface area contributed by atoms with Crippen LogP contribution >= 0.6 is 0 Å². The van der Waals surface area contributed by atoms with Crippen molar-refractivity contribution in [3.8, 4) is 0 Å². The average Bonchev–Trinajstić information content (AvgIpc) is 3.07. The van der Waals surface area contributed by atoms with Gasteiger partial charge in [-0.2, -0.15) is 0 Å². The Kier molecular flexibility index (Phi) is 4.78. The average molecular weight is 250 g/mol. The molecule has 102 valence electrons. The van der Waals surface area contributed by atoms with E-state index in [4.69, 9.17) is 5.73 Å². The second kappa shape index (κ2) is 6.34. The lowest BCUT2D eigenvalue weighted by molar-refractivity contribution is 0.186. The molecular weight excluding hydrogens is 224 g/mol. The molecule has 1 fully saturated rings. The molecule has 4 heteroatoms. The number of aryl methyl sites for hydroxylation is 1. The van der Waals surface area contributed by atoms with Crippen molar-refractivity contribution in [2.24, 2.45) is 11.7 Å². The van der Waals surface area contributed by atoms with E-state index in [9.17, 15) is 0 Å². The van der Waals surface area contributed by atoms with Crippen molar-refractivity contribution in [1.82, 2.24) is 14.5 Å². The monoisotopic (exact) mass is 250 g/mol. The van der Waals surface area contributed by atoms with Gasteiger partial charge in [-0.3, -0.25) is 4.90 Å². The zero-order chi connectivity index (χ0) is 13.0. The molecule has 4 nitrogen and oxygen atoms in total. The van der Waals surface area contributed by atoms with Crippen LogP contribution in [0.4, 0.5) is 0 Å². The van der Waals surface area contributed by atoms with Gasteiger partial charge in [-0.15, -0.1) is 0 Å². The highest BCUT2D eigenvalue weighted by Gasteiger charge is 2.29. The highest BCUT2D eigenvalue weighted by molar-refractivity contribution is 5.07. The highest BCUT2D eigenvalue weighted by atomic mass is 15.2. The van der Waals surface area contributed by atoms with Crippen LogP contribution in [0.1, 0.15) is 44.8 Å². The summed E-state index contributed by atoms with van der Waals surface area (Å²) < 4.78 is 2.22. The first kappa shape index (κ1) is 13.6. The van der Waals surface area contributed by atoms with Gasteiger partial charge in [0.05, 0.1) is 18.1 Å². The van der Waals surface area contributed by atoms with Gasteiger partial charge in [0.25, 0.3) is 0 Å². The first-order chi connectivity index (χ1) is 8.80. The Labute approximate surface area is 110 Å². The summed E-state index contributed by atoms with van der Waals surface area (Å²) in [4.78, 5) is 6.84. The fourth-order valence-corrected chi connectivity index (χ4v) is 2.62. The van der Waals surface area contributed by atoms with E-state index < -0.39 is 0 Å². The van der Waals surface area contributed by atoms with Gasteiger partial charge in [-0.1, -0.05) is 6.92 Å². The summed E-state index contributed by atoms with van der Waals surface area (Å²) in [6.45, 7) is 8.37. The van der Waals surface area contributed by atoms with Crippen LogP contribution in [0.5, 0.6) is 0 Å². The fourth-order valence-electron chi connectivity index (χ4n) is 2.62.